The summed E-state index contributed by atoms with van der Waals surface area (Å²) in [5, 5.41) is 13.4. The number of carbonyl (C=O) groups is 1. The monoisotopic (exact) mass is 513 g/mol. The van der Waals surface area contributed by atoms with Gasteiger partial charge in [-0.3, -0.25) is 4.79 Å². The van der Waals surface area contributed by atoms with Crippen LogP contribution >= 0.6 is 0 Å². The number of rotatable bonds is 6. The average molecular weight is 514 g/mol. The van der Waals surface area contributed by atoms with Crippen molar-refractivity contribution >= 4 is 22.6 Å². The van der Waals surface area contributed by atoms with Gasteiger partial charge in [0.15, 0.2) is 5.43 Å². The zero-order valence-corrected chi connectivity index (χ0v) is 21.9. The van der Waals surface area contributed by atoms with Crippen molar-refractivity contribution < 1.29 is 14.3 Å². The number of anilines is 1. The molecule has 1 aromatic heterocycles. The van der Waals surface area contributed by atoms with Crippen molar-refractivity contribution in [2.75, 3.05) is 5.32 Å². The number of hydrogen-bond acceptors (Lipinski definition) is 4. The van der Waals surface area contributed by atoms with Gasteiger partial charge in [0.05, 0.1) is 17.0 Å². The molecule has 39 heavy (non-hydrogen) atoms. The van der Waals surface area contributed by atoms with Crippen LogP contribution in [0.5, 0.6) is 0 Å². The minimum absolute atomic E-state index is 0.0990. The maximum atomic E-state index is 13.6. The first kappa shape index (κ1) is 25.6. The van der Waals surface area contributed by atoms with Gasteiger partial charge in [0.1, 0.15) is 11.3 Å². The maximum absolute atomic E-state index is 13.6. The summed E-state index contributed by atoms with van der Waals surface area (Å²) >= 11 is 0. The number of carboxylic acid groups (broad SMARTS) is 1. The Balaban J connectivity index is 1.63. The SMILES string of the molecule is C#Cc1ccc(-c2cccc(-c3oc4c(C(C)Nc5ccccc5C(=O)O)cc(C)cc4c(=O)c3C)c2)cc1. The molecule has 5 nitrogen and oxygen atoms in total. The maximum Gasteiger partial charge on any atom is 0.337 e. The van der Waals surface area contributed by atoms with Crippen molar-refractivity contribution in [1.29, 1.82) is 0 Å². The number of nitrogens with one attached hydrogen (secondary N) is 1. The van der Waals surface area contributed by atoms with E-state index in [9.17, 15) is 14.7 Å². The molecule has 0 aliphatic carbocycles. The minimum atomic E-state index is -1.02. The van der Waals surface area contributed by atoms with Crippen LogP contribution in [0, 0.1) is 26.2 Å². The van der Waals surface area contributed by atoms with E-state index in [2.05, 4.69) is 11.2 Å². The largest absolute Gasteiger partial charge is 0.478 e. The van der Waals surface area contributed by atoms with Gasteiger partial charge in [-0.05, 0) is 73.9 Å². The Labute approximate surface area is 226 Å². The van der Waals surface area contributed by atoms with Crippen LogP contribution in [-0.4, -0.2) is 11.1 Å². The molecule has 5 heteroatoms. The molecule has 0 fully saturated rings. The van der Waals surface area contributed by atoms with E-state index in [0.29, 0.717) is 28.0 Å². The number of terminal acetylenes is 1. The lowest BCUT2D eigenvalue weighted by Crippen LogP contribution is -2.14. The van der Waals surface area contributed by atoms with Gasteiger partial charge in [-0.2, -0.15) is 0 Å². The van der Waals surface area contributed by atoms with Gasteiger partial charge in [0.2, 0.25) is 0 Å². The number of fused-ring (bicyclic) bond motifs is 1. The average Bonchev–Trinajstić information content (AvgIpc) is 2.95. The first-order chi connectivity index (χ1) is 18.8. The third-order valence-electron chi connectivity index (χ3n) is 6.90. The van der Waals surface area contributed by atoms with Gasteiger partial charge in [-0.25, -0.2) is 4.79 Å². The molecule has 0 aliphatic rings. The highest BCUT2D eigenvalue weighted by Crippen LogP contribution is 2.34. The Morgan fingerprint density at radius 2 is 1.64 bits per heavy atom. The minimum Gasteiger partial charge on any atom is -0.478 e. The van der Waals surface area contributed by atoms with Crippen molar-refractivity contribution in [2.45, 2.75) is 26.8 Å². The van der Waals surface area contributed by atoms with Gasteiger partial charge >= 0.3 is 5.97 Å². The normalized spacial score (nSPS) is 11.6. The second-order valence-corrected chi connectivity index (χ2v) is 9.64. The van der Waals surface area contributed by atoms with Crippen LogP contribution in [0.4, 0.5) is 5.69 Å². The summed E-state index contributed by atoms with van der Waals surface area (Å²) in [7, 11) is 0. The summed E-state index contributed by atoms with van der Waals surface area (Å²) in [6.45, 7) is 5.63. The first-order valence-corrected chi connectivity index (χ1v) is 12.6. The van der Waals surface area contributed by atoms with Crippen LogP contribution < -0.4 is 10.7 Å². The molecule has 0 spiro atoms. The van der Waals surface area contributed by atoms with E-state index in [1.807, 2.05) is 74.5 Å². The molecule has 2 N–H and O–H groups in total. The number of para-hydroxylation sites is 1. The zero-order chi connectivity index (χ0) is 27.7. The molecule has 5 rings (SSSR count). The highest BCUT2D eigenvalue weighted by Gasteiger charge is 2.20. The fourth-order valence-electron chi connectivity index (χ4n) is 4.87. The molecule has 0 saturated carbocycles. The third kappa shape index (κ3) is 4.93. The van der Waals surface area contributed by atoms with E-state index in [1.54, 1.807) is 31.2 Å². The Morgan fingerprint density at radius 3 is 2.36 bits per heavy atom. The van der Waals surface area contributed by atoms with Crippen LogP contribution in [0.15, 0.2) is 94.1 Å². The van der Waals surface area contributed by atoms with E-state index in [1.165, 1.54) is 0 Å². The summed E-state index contributed by atoms with van der Waals surface area (Å²) in [6.07, 6.45) is 5.50. The molecule has 0 amide bonds. The number of aromatic carboxylic acids is 1. The van der Waals surface area contributed by atoms with Crippen LogP contribution in [0.2, 0.25) is 0 Å². The van der Waals surface area contributed by atoms with Crippen LogP contribution in [0.25, 0.3) is 33.4 Å². The topological polar surface area (TPSA) is 79.5 Å². The summed E-state index contributed by atoms with van der Waals surface area (Å²) in [5.41, 5.74) is 6.81. The lowest BCUT2D eigenvalue weighted by Gasteiger charge is -2.20. The molecule has 1 heterocycles. The van der Waals surface area contributed by atoms with Crippen LogP contribution in [-0.2, 0) is 0 Å². The first-order valence-electron chi connectivity index (χ1n) is 12.6. The molecular formula is C34H27NO4. The third-order valence-corrected chi connectivity index (χ3v) is 6.90. The van der Waals surface area contributed by atoms with Gasteiger partial charge in [0.25, 0.3) is 0 Å². The predicted octanol–water partition coefficient (Wildman–Crippen LogP) is 7.60. The molecule has 1 unspecified atom stereocenters. The van der Waals surface area contributed by atoms with Crippen molar-refractivity contribution in [2.24, 2.45) is 0 Å². The van der Waals surface area contributed by atoms with Crippen molar-refractivity contribution in [3.8, 4) is 34.8 Å². The van der Waals surface area contributed by atoms with E-state index < -0.39 is 5.97 Å². The van der Waals surface area contributed by atoms with Gasteiger partial charge in [0, 0.05) is 27.9 Å². The van der Waals surface area contributed by atoms with Crippen molar-refractivity contribution in [3.05, 3.63) is 123 Å². The molecule has 0 bridgehead atoms. The molecule has 0 saturated heterocycles. The number of carboxylic acids is 1. The molecule has 0 radical (unpaired) electrons. The van der Waals surface area contributed by atoms with Crippen molar-refractivity contribution in [3.63, 3.8) is 0 Å². The summed E-state index contributed by atoms with van der Waals surface area (Å²) < 4.78 is 6.53. The standard InChI is InChI=1S/C34H27NO4/c1-5-23-13-15-24(16-14-23)25-9-8-10-26(19-25)32-21(3)31(36)29-18-20(2)17-28(33(29)39-32)22(4)35-30-12-7-6-11-27(30)34(37)38/h1,6-19,22,35H,2-4H3,(H,37,38). The highest BCUT2D eigenvalue weighted by atomic mass is 16.4. The van der Waals surface area contributed by atoms with Crippen molar-refractivity contribution in [1.82, 2.24) is 0 Å². The van der Waals surface area contributed by atoms with E-state index in [4.69, 9.17) is 10.8 Å². The fraction of sp³-hybridized carbons (Fsp3) is 0.118. The van der Waals surface area contributed by atoms with E-state index in [-0.39, 0.29) is 17.0 Å². The lowest BCUT2D eigenvalue weighted by molar-refractivity contribution is 0.0698. The molecular weight excluding hydrogens is 486 g/mol. The lowest BCUT2D eigenvalue weighted by atomic mass is 9.97. The Bertz CT molecular complexity index is 1820. The zero-order valence-electron chi connectivity index (χ0n) is 21.9. The summed E-state index contributed by atoms with van der Waals surface area (Å²) in [5.74, 6) is 2.11. The van der Waals surface area contributed by atoms with Crippen LogP contribution in [0.3, 0.4) is 0 Å². The predicted molar refractivity (Wildman–Crippen MR) is 156 cm³/mol. The summed E-state index contributed by atoms with van der Waals surface area (Å²) in [6, 6.07) is 25.8. The fourth-order valence-corrected chi connectivity index (χ4v) is 4.87. The molecule has 5 aromatic rings. The van der Waals surface area contributed by atoms with E-state index in [0.717, 1.165) is 33.4 Å². The molecule has 192 valence electrons. The van der Waals surface area contributed by atoms with Crippen LogP contribution in [0.1, 0.15) is 45.6 Å². The quantitative estimate of drug-likeness (QED) is 0.229. The van der Waals surface area contributed by atoms with E-state index >= 15 is 0 Å². The Hall–Kier alpha value is -5.08. The number of aryl methyl sites for hydroxylation is 1. The molecule has 1 atom stereocenters. The number of benzene rings is 4. The number of hydrogen-bond donors (Lipinski definition) is 2. The molecule has 0 aliphatic heterocycles. The Morgan fingerprint density at radius 1 is 0.923 bits per heavy atom. The smallest absolute Gasteiger partial charge is 0.337 e. The van der Waals surface area contributed by atoms with Gasteiger partial charge < -0.3 is 14.8 Å². The molecule has 4 aromatic carbocycles. The Kier molecular flexibility index (Phi) is 6.79. The second kappa shape index (κ2) is 10.4. The van der Waals surface area contributed by atoms with Gasteiger partial charge in [-0.15, -0.1) is 6.42 Å². The summed E-state index contributed by atoms with van der Waals surface area (Å²) in [4.78, 5) is 25.3. The highest BCUT2D eigenvalue weighted by molar-refractivity contribution is 5.94. The second-order valence-electron chi connectivity index (χ2n) is 9.64. The van der Waals surface area contributed by atoms with Gasteiger partial charge in [-0.1, -0.05) is 54.5 Å².